The van der Waals surface area contributed by atoms with E-state index >= 15 is 0 Å². The van der Waals surface area contributed by atoms with Crippen molar-refractivity contribution >= 4 is 27.9 Å². The molecular formula is C21H31ClN2O5S. The topological polar surface area (TPSA) is 93.7 Å². The zero-order valence-electron chi connectivity index (χ0n) is 17.3. The third kappa shape index (κ3) is 6.92. The quantitative estimate of drug-likeness (QED) is 0.552. The molecule has 2 fully saturated rings. The molecule has 30 heavy (non-hydrogen) atoms. The van der Waals surface area contributed by atoms with Crippen LogP contribution in [0, 0.1) is 0 Å². The van der Waals surface area contributed by atoms with Crippen molar-refractivity contribution in [2.45, 2.75) is 62.6 Å². The summed E-state index contributed by atoms with van der Waals surface area (Å²) in [7, 11) is -3.24. The zero-order chi connectivity index (χ0) is 21.6. The first-order valence-electron chi connectivity index (χ1n) is 10.5. The monoisotopic (exact) mass is 458 g/mol. The van der Waals surface area contributed by atoms with E-state index in [2.05, 4.69) is 10.0 Å². The number of ether oxygens (including phenoxy) is 2. The average molecular weight is 459 g/mol. The largest absolute Gasteiger partial charge is 0.486 e. The molecule has 0 radical (unpaired) electrons. The Morgan fingerprint density at radius 1 is 1.23 bits per heavy atom. The van der Waals surface area contributed by atoms with E-state index in [-0.39, 0.29) is 24.8 Å². The molecule has 1 saturated heterocycles. The molecule has 2 atom stereocenters. The molecule has 2 N–H and O–H groups in total. The third-order valence-corrected chi connectivity index (χ3v) is 6.82. The molecule has 0 unspecified atom stereocenters. The van der Waals surface area contributed by atoms with Crippen LogP contribution in [0.4, 0.5) is 0 Å². The van der Waals surface area contributed by atoms with Gasteiger partial charge in [-0.15, -0.1) is 0 Å². The molecule has 1 aromatic rings. The van der Waals surface area contributed by atoms with Gasteiger partial charge in [0.1, 0.15) is 12.4 Å². The summed E-state index contributed by atoms with van der Waals surface area (Å²) in [5.74, 6) is 1.04. The van der Waals surface area contributed by atoms with Crippen LogP contribution >= 0.6 is 11.6 Å². The van der Waals surface area contributed by atoms with Crippen LogP contribution < -0.4 is 14.8 Å². The number of sulfonamides is 1. The molecular weight excluding hydrogens is 428 g/mol. The molecule has 0 bridgehead atoms. The number of hydrogen-bond donors (Lipinski definition) is 2. The number of carbonyl (C=O) groups is 1. The Morgan fingerprint density at radius 2 is 2.00 bits per heavy atom. The Kier molecular flexibility index (Phi) is 8.53. The lowest BCUT2D eigenvalue weighted by Gasteiger charge is -2.35. The summed E-state index contributed by atoms with van der Waals surface area (Å²) >= 11 is 6.19. The number of hydrogen-bond acceptors (Lipinski definition) is 6. The van der Waals surface area contributed by atoms with E-state index in [9.17, 15) is 13.2 Å². The summed E-state index contributed by atoms with van der Waals surface area (Å²) < 4.78 is 37.7. The van der Waals surface area contributed by atoms with Gasteiger partial charge in [0, 0.05) is 17.1 Å². The van der Waals surface area contributed by atoms with E-state index < -0.39 is 10.0 Å². The summed E-state index contributed by atoms with van der Waals surface area (Å²) in [5, 5.41) is 4.05. The third-order valence-electron chi connectivity index (χ3n) is 5.85. The van der Waals surface area contributed by atoms with E-state index in [1.807, 2.05) is 12.1 Å². The van der Waals surface area contributed by atoms with Crippen molar-refractivity contribution in [2.24, 2.45) is 0 Å². The molecule has 0 spiro atoms. The van der Waals surface area contributed by atoms with Crippen LogP contribution in [-0.2, 0) is 19.6 Å². The van der Waals surface area contributed by atoms with Crippen LogP contribution in [0.5, 0.6) is 5.75 Å². The number of aldehydes is 1. The normalized spacial score (nSPS) is 27.5. The van der Waals surface area contributed by atoms with E-state index in [0.717, 1.165) is 62.7 Å². The molecule has 3 rings (SSSR count). The van der Waals surface area contributed by atoms with Crippen LogP contribution in [0.25, 0.3) is 0 Å². The Balaban J connectivity index is 1.52. The van der Waals surface area contributed by atoms with Crippen LogP contribution in [0.3, 0.4) is 0 Å². The fraction of sp³-hybridized carbons (Fsp3) is 0.667. The number of benzene rings is 1. The lowest BCUT2D eigenvalue weighted by molar-refractivity contribution is -0.109. The van der Waals surface area contributed by atoms with Crippen molar-refractivity contribution in [3.8, 4) is 5.75 Å². The first kappa shape index (κ1) is 23.5. The zero-order valence-corrected chi connectivity index (χ0v) is 18.9. The van der Waals surface area contributed by atoms with Gasteiger partial charge in [-0.3, -0.25) is 4.79 Å². The lowest BCUT2D eigenvalue weighted by atomic mass is 9.82. The standard InChI is InChI=1S/C21H31ClN2O5S/c1-30(26,27)24-19-3-2-10-23-20(19)14-29-17-7-4-15(5-8-17)18-13-16(22)6-9-21(18)28-12-11-25/h6,9,11,13,15,17,19-20,23-24H,2-5,7-8,10,12,14H2,1H3/t15-,17+,19-,20-/m0/s1. The van der Waals surface area contributed by atoms with Crippen LogP contribution in [0.1, 0.15) is 50.0 Å². The summed E-state index contributed by atoms with van der Waals surface area (Å²) in [6.45, 7) is 1.40. The van der Waals surface area contributed by atoms with Gasteiger partial charge in [-0.1, -0.05) is 11.6 Å². The predicted octanol–water partition coefficient (Wildman–Crippen LogP) is 2.63. The highest BCUT2D eigenvalue weighted by Crippen LogP contribution is 2.39. The van der Waals surface area contributed by atoms with Crippen molar-refractivity contribution in [2.75, 3.05) is 26.0 Å². The Bertz CT molecular complexity index is 812. The highest BCUT2D eigenvalue weighted by molar-refractivity contribution is 7.88. The molecule has 1 aromatic carbocycles. The van der Waals surface area contributed by atoms with Gasteiger partial charge in [0.2, 0.25) is 10.0 Å². The minimum absolute atomic E-state index is 0.0116. The van der Waals surface area contributed by atoms with Gasteiger partial charge in [-0.05, 0) is 74.8 Å². The van der Waals surface area contributed by atoms with E-state index in [1.54, 1.807) is 6.07 Å². The number of halogens is 1. The summed E-state index contributed by atoms with van der Waals surface area (Å²) in [5.41, 5.74) is 1.05. The van der Waals surface area contributed by atoms with Crippen molar-refractivity contribution in [3.63, 3.8) is 0 Å². The molecule has 1 heterocycles. The first-order valence-corrected chi connectivity index (χ1v) is 12.8. The molecule has 0 aromatic heterocycles. The van der Waals surface area contributed by atoms with Gasteiger partial charge in [-0.25, -0.2) is 13.1 Å². The highest BCUT2D eigenvalue weighted by atomic mass is 35.5. The van der Waals surface area contributed by atoms with Crippen molar-refractivity contribution in [1.82, 2.24) is 10.0 Å². The number of piperidine rings is 1. The minimum atomic E-state index is -3.24. The maximum atomic E-state index is 11.6. The molecule has 9 heteroatoms. The summed E-state index contributed by atoms with van der Waals surface area (Å²) in [4.78, 5) is 10.7. The van der Waals surface area contributed by atoms with E-state index in [1.165, 1.54) is 6.26 Å². The van der Waals surface area contributed by atoms with Gasteiger partial charge < -0.3 is 14.8 Å². The van der Waals surface area contributed by atoms with E-state index in [4.69, 9.17) is 21.1 Å². The molecule has 1 saturated carbocycles. The van der Waals surface area contributed by atoms with Gasteiger partial charge in [0.25, 0.3) is 0 Å². The Hall–Kier alpha value is -1.19. The fourth-order valence-corrected chi connectivity index (χ4v) is 5.43. The molecule has 168 valence electrons. The second-order valence-electron chi connectivity index (χ2n) is 8.17. The van der Waals surface area contributed by atoms with Gasteiger partial charge in [0.15, 0.2) is 6.29 Å². The van der Waals surface area contributed by atoms with Crippen molar-refractivity contribution in [1.29, 1.82) is 0 Å². The van der Waals surface area contributed by atoms with E-state index in [0.29, 0.717) is 17.5 Å². The van der Waals surface area contributed by atoms with Crippen molar-refractivity contribution < 1.29 is 22.7 Å². The lowest BCUT2D eigenvalue weighted by Crippen LogP contribution is -2.55. The van der Waals surface area contributed by atoms with Gasteiger partial charge >= 0.3 is 0 Å². The first-order chi connectivity index (χ1) is 14.4. The maximum absolute atomic E-state index is 11.6. The molecule has 2 aliphatic rings. The Labute approximate surface area is 183 Å². The number of nitrogens with one attached hydrogen (secondary N) is 2. The Morgan fingerprint density at radius 3 is 2.70 bits per heavy atom. The summed E-state index contributed by atoms with van der Waals surface area (Å²) in [6, 6.07) is 5.39. The van der Waals surface area contributed by atoms with Crippen LogP contribution in [-0.4, -0.2) is 58.9 Å². The predicted molar refractivity (Wildman–Crippen MR) is 117 cm³/mol. The molecule has 1 aliphatic heterocycles. The highest BCUT2D eigenvalue weighted by Gasteiger charge is 2.30. The van der Waals surface area contributed by atoms with Crippen LogP contribution in [0.2, 0.25) is 5.02 Å². The second-order valence-corrected chi connectivity index (χ2v) is 10.4. The second kappa shape index (κ2) is 10.9. The SMILES string of the molecule is CS(=O)(=O)N[C@H]1CCCN[C@H]1CO[C@H]1CC[C@@H](c2cc(Cl)ccc2OCC=O)CC1. The number of rotatable bonds is 9. The van der Waals surface area contributed by atoms with Gasteiger partial charge in [0.05, 0.1) is 19.0 Å². The average Bonchev–Trinajstić information content (AvgIpc) is 2.71. The fourth-order valence-electron chi connectivity index (χ4n) is 4.42. The number of carbonyl (C=O) groups excluding carboxylic acids is 1. The molecule has 0 amide bonds. The summed E-state index contributed by atoms with van der Waals surface area (Å²) in [6.07, 6.45) is 7.60. The smallest absolute Gasteiger partial charge is 0.209 e. The minimum Gasteiger partial charge on any atom is -0.486 e. The molecule has 1 aliphatic carbocycles. The molecule has 7 nitrogen and oxygen atoms in total. The maximum Gasteiger partial charge on any atom is 0.209 e. The van der Waals surface area contributed by atoms with Crippen LogP contribution in [0.15, 0.2) is 18.2 Å². The van der Waals surface area contributed by atoms with Gasteiger partial charge in [-0.2, -0.15) is 0 Å². The van der Waals surface area contributed by atoms with Crippen molar-refractivity contribution in [3.05, 3.63) is 28.8 Å².